The molecular formula is C15H24N2O. The minimum atomic E-state index is 0.162. The highest BCUT2D eigenvalue weighted by atomic mass is 16.5. The number of anilines is 1. The predicted octanol–water partition coefficient (Wildman–Crippen LogP) is 2.38. The molecule has 2 N–H and O–H groups in total. The fourth-order valence-electron chi connectivity index (χ4n) is 2.27. The zero-order valence-electron chi connectivity index (χ0n) is 11.6. The Hall–Kier alpha value is -1.06. The van der Waals surface area contributed by atoms with E-state index in [1.165, 1.54) is 11.3 Å². The van der Waals surface area contributed by atoms with Crippen molar-refractivity contribution in [2.75, 3.05) is 31.6 Å². The molecule has 18 heavy (non-hydrogen) atoms. The van der Waals surface area contributed by atoms with Crippen molar-refractivity contribution in [1.29, 1.82) is 0 Å². The molecule has 0 aromatic heterocycles. The van der Waals surface area contributed by atoms with E-state index >= 15 is 0 Å². The van der Waals surface area contributed by atoms with E-state index in [-0.39, 0.29) is 11.5 Å². The number of rotatable bonds is 3. The van der Waals surface area contributed by atoms with Gasteiger partial charge in [-0.25, -0.2) is 0 Å². The van der Waals surface area contributed by atoms with Crippen LogP contribution in [-0.4, -0.2) is 32.3 Å². The maximum atomic E-state index is 5.70. The summed E-state index contributed by atoms with van der Waals surface area (Å²) in [6, 6.07) is 8.53. The van der Waals surface area contributed by atoms with Gasteiger partial charge in [0, 0.05) is 25.3 Å². The fourth-order valence-corrected chi connectivity index (χ4v) is 2.27. The van der Waals surface area contributed by atoms with Gasteiger partial charge < -0.3 is 15.4 Å². The first kappa shape index (κ1) is 13.4. The maximum Gasteiger partial charge on any atom is 0.0872 e. The highest BCUT2D eigenvalue weighted by Gasteiger charge is 2.18. The summed E-state index contributed by atoms with van der Waals surface area (Å²) in [6.07, 6.45) is 0.270. The number of para-hydroxylation sites is 1. The SMILES string of the molecule is CC(C)(C)c1ccccc1NCC1CNCCO1. The van der Waals surface area contributed by atoms with E-state index in [2.05, 4.69) is 55.7 Å². The van der Waals surface area contributed by atoms with Gasteiger partial charge in [0.2, 0.25) is 0 Å². The van der Waals surface area contributed by atoms with Gasteiger partial charge in [-0.2, -0.15) is 0 Å². The quantitative estimate of drug-likeness (QED) is 0.861. The average Bonchev–Trinajstić information content (AvgIpc) is 2.37. The topological polar surface area (TPSA) is 33.3 Å². The van der Waals surface area contributed by atoms with Crippen LogP contribution >= 0.6 is 0 Å². The summed E-state index contributed by atoms with van der Waals surface area (Å²) in [5, 5.41) is 6.88. The summed E-state index contributed by atoms with van der Waals surface area (Å²) in [7, 11) is 0. The van der Waals surface area contributed by atoms with Crippen LogP contribution in [0, 0.1) is 0 Å². The van der Waals surface area contributed by atoms with E-state index in [1.807, 2.05) is 0 Å². The molecule has 3 heteroatoms. The standard InChI is InChI=1S/C15H24N2O/c1-15(2,3)13-6-4-5-7-14(13)17-11-12-10-16-8-9-18-12/h4-7,12,16-17H,8-11H2,1-3H3. The molecule has 2 rings (SSSR count). The summed E-state index contributed by atoms with van der Waals surface area (Å²) in [4.78, 5) is 0. The predicted molar refractivity (Wildman–Crippen MR) is 76.2 cm³/mol. The van der Waals surface area contributed by atoms with E-state index in [0.717, 1.165) is 26.2 Å². The zero-order valence-corrected chi connectivity index (χ0v) is 11.6. The number of hydrogen-bond donors (Lipinski definition) is 2. The molecule has 0 radical (unpaired) electrons. The number of nitrogens with one attached hydrogen (secondary N) is 2. The fraction of sp³-hybridized carbons (Fsp3) is 0.600. The van der Waals surface area contributed by atoms with Crippen molar-refractivity contribution >= 4 is 5.69 Å². The molecule has 1 saturated heterocycles. The molecular weight excluding hydrogens is 224 g/mol. The highest BCUT2D eigenvalue weighted by Crippen LogP contribution is 2.29. The lowest BCUT2D eigenvalue weighted by Gasteiger charge is -2.27. The zero-order chi connectivity index (χ0) is 13.0. The third kappa shape index (κ3) is 3.47. The molecule has 1 aliphatic heterocycles. The van der Waals surface area contributed by atoms with Gasteiger partial charge in [0.25, 0.3) is 0 Å². The normalized spacial score (nSPS) is 20.7. The monoisotopic (exact) mass is 248 g/mol. The van der Waals surface area contributed by atoms with Gasteiger partial charge in [-0.3, -0.25) is 0 Å². The summed E-state index contributed by atoms with van der Waals surface area (Å²) in [6.45, 7) is 10.3. The molecule has 0 aliphatic carbocycles. The Balaban J connectivity index is 2.00. The lowest BCUT2D eigenvalue weighted by atomic mass is 9.86. The molecule has 1 fully saturated rings. The van der Waals surface area contributed by atoms with Gasteiger partial charge >= 0.3 is 0 Å². The molecule has 1 atom stereocenters. The van der Waals surface area contributed by atoms with Crippen molar-refractivity contribution in [2.24, 2.45) is 0 Å². The summed E-state index contributed by atoms with van der Waals surface area (Å²) >= 11 is 0. The van der Waals surface area contributed by atoms with Gasteiger partial charge in [-0.15, -0.1) is 0 Å². The third-order valence-electron chi connectivity index (χ3n) is 3.26. The molecule has 1 aliphatic rings. The van der Waals surface area contributed by atoms with Gasteiger partial charge in [0.15, 0.2) is 0 Å². The molecule has 0 saturated carbocycles. The molecule has 1 aromatic carbocycles. The van der Waals surface area contributed by atoms with Crippen molar-refractivity contribution in [3.63, 3.8) is 0 Å². The van der Waals surface area contributed by atoms with Crippen molar-refractivity contribution in [2.45, 2.75) is 32.3 Å². The summed E-state index contributed by atoms with van der Waals surface area (Å²) in [5.74, 6) is 0. The van der Waals surface area contributed by atoms with Gasteiger partial charge in [-0.05, 0) is 17.0 Å². The van der Waals surface area contributed by atoms with E-state index in [9.17, 15) is 0 Å². The number of ether oxygens (including phenoxy) is 1. The van der Waals surface area contributed by atoms with Crippen LogP contribution < -0.4 is 10.6 Å². The van der Waals surface area contributed by atoms with Crippen LogP contribution in [0.1, 0.15) is 26.3 Å². The Morgan fingerprint density at radius 3 is 2.78 bits per heavy atom. The first-order chi connectivity index (χ1) is 8.57. The smallest absolute Gasteiger partial charge is 0.0872 e. The molecule has 0 bridgehead atoms. The lowest BCUT2D eigenvalue weighted by molar-refractivity contribution is 0.0372. The largest absolute Gasteiger partial charge is 0.382 e. The molecule has 3 nitrogen and oxygen atoms in total. The Kier molecular flexibility index (Phi) is 4.25. The van der Waals surface area contributed by atoms with Gasteiger partial charge in [-0.1, -0.05) is 39.0 Å². The first-order valence-corrected chi connectivity index (χ1v) is 6.73. The Morgan fingerprint density at radius 1 is 1.33 bits per heavy atom. The first-order valence-electron chi connectivity index (χ1n) is 6.73. The Labute approximate surface area is 110 Å². The minimum absolute atomic E-state index is 0.162. The molecule has 1 unspecified atom stereocenters. The van der Waals surface area contributed by atoms with Gasteiger partial charge in [0.1, 0.15) is 0 Å². The lowest BCUT2D eigenvalue weighted by Crippen LogP contribution is -2.42. The maximum absolute atomic E-state index is 5.70. The van der Waals surface area contributed by atoms with Crippen molar-refractivity contribution in [1.82, 2.24) is 5.32 Å². The molecule has 1 heterocycles. The van der Waals surface area contributed by atoms with E-state index in [1.54, 1.807) is 0 Å². The molecule has 0 spiro atoms. The number of hydrogen-bond acceptors (Lipinski definition) is 3. The van der Waals surface area contributed by atoms with Crippen LogP contribution in [0.4, 0.5) is 5.69 Å². The molecule has 0 amide bonds. The van der Waals surface area contributed by atoms with Crippen LogP contribution in [0.3, 0.4) is 0 Å². The van der Waals surface area contributed by atoms with Crippen molar-refractivity contribution < 1.29 is 4.74 Å². The molecule has 1 aromatic rings. The second kappa shape index (κ2) is 5.72. The minimum Gasteiger partial charge on any atom is -0.382 e. The number of morpholine rings is 1. The second-order valence-corrected chi connectivity index (χ2v) is 5.87. The van der Waals surface area contributed by atoms with E-state index < -0.39 is 0 Å². The van der Waals surface area contributed by atoms with Crippen molar-refractivity contribution in [3.8, 4) is 0 Å². The molecule has 100 valence electrons. The van der Waals surface area contributed by atoms with E-state index in [0.29, 0.717) is 0 Å². The van der Waals surface area contributed by atoms with Crippen molar-refractivity contribution in [3.05, 3.63) is 29.8 Å². The van der Waals surface area contributed by atoms with Crippen LogP contribution in [0.2, 0.25) is 0 Å². The summed E-state index contributed by atoms with van der Waals surface area (Å²) in [5.41, 5.74) is 2.74. The van der Waals surface area contributed by atoms with E-state index in [4.69, 9.17) is 4.74 Å². The summed E-state index contributed by atoms with van der Waals surface area (Å²) < 4.78 is 5.70. The Bertz CT molecular complexity index is 378. The second-order valence-electron chi connectivity index (χ2n) is 5.87. The Morgan fingerprint density at radius 2 is 2.11 bits per heavy atom. The van der Waals surface area contributed by atoms with Crippen LogP contribution in [0.25, 0.3) is 0 Å². The number of benzene rings is 1. The van der Waals surface area contributed by atoms with Crippen LogP contribution in [0.5, 0.6) is 0 Å². The van der Waals surface area contributed by atoms with Crippen LogP contribution in [0.15, 0.2) is 24.3 Å². The average molecular weight is 248 g/mol. The van der Waals surface area contributed by atoms with Gasteiger partial charge in [0.05, 0.1) is 12.7 Å². The highest BCUT2D eigenvalue weighted by molar-refractivity contribution is 5.54. The van der Waals surface area contributed by atoms with Crippen LogP contribution in [-0.2, 0) is 10.2 Å². The third-order valence-corrected chi connectivity index (χ3v) is 3.26.